The van der Waals surface area contributed by atoms with Crippen molar-refractivity contribution in [2.75, 3.05) is 11.4 Å². The van der Waals surface area contributed by atoms with Crippen molar-refractivity contribution in [3.05, 3.63) is 71.2 Å². The van der Waals surface area contributed by atoms with Gasteiger partial charge in [-0.15, -0.1) is 10.2 Å². The molecule has 0 spiro atoms. The maximum Gasteiger partial charge on any atom is 0.319 e. The summed E-state index contributed by atoms with van der Waals surface area (Å²) in [6.07, 6.45) is 5.92. The number of pyridine rings is 1. The van der Waals surface area contributed by atoms with Gasteiger partial charge in [-0.2, -0.15) is 10.2 Å². The Kier molecular flexibility index (Phi) is 3.78. The molecule has 0 radical (unpaired) electrons. The molecule has 10 nitrogen and oxygen atoms in total. The monoisotopic (exact) mass is 419 g/mol. The van der Waals surface area contributed by atoms with Crippen molar-refractivity contribution >= 4 is 23.1 Å². The van der Waals surface area contributed by atoms with Crippen molar-refractivity contribution < 1.29 is 4.42 Å². The van der Waals surface area contributed by atoms with E-state index in [1.807, 2.05) is 29.3 Å². The number of rotatable bonds is 3. The van der Waals surface area contributed by atoms with Crippen LogP contribution in [0.1, 0.15) is 23.1 Å². The Morgan fingerprint density at radius 2 is 2.13 bits per heavy atom. The number of nitrogens with one attached hydrogen (secondary N) is 1. The van der Waals surface area contributed by atoms with Crippen LogP contribution in [0.5, 0.6) is 0 Å². The Bertz CT molecular complexity index is 1340. The van der Waals surface area contributed by atoms with Gasteiger partial charge in [-0.25, -0.2) is 9.50 Å². The van der Waals surface area contributed by atoms with Gasteiger partial charge < -0.3 is 14.3 Å². The third kappa shape index (κ3) is 2.65. The van der Waals surface area contributed by atoms with E-state index in [0.717, 1.165) is 29.0 Å². The molecule has 5 aromatic heterocycles. The molecule has 148 valence electrons. The lowest BCUT2D eigenvalue weighted by atomic mass is 10.0. The minimum absolute atomic E-state index is 0.300. The Balaban J connectivity index is 1.46. The van der Waals surface area contributed by atoms with Gasteiger partial charge >= 0.3 is 6.01 Å². The summed E-state index contributed by atoms with van der Waals surface area (Å²) in [5.74, 6) is 0.308. The van der Waals surface area contributed by atoms with Crippen LogP contribution in [-0.2, 0) is 6.42 Å². The molecule has 6 rings (SSSR count). The first-order valence-electron chi connectivity index (χ1n) is 9.32. The van der Waals surface area contributed by atoms with Crippen LogP contribution in [0, 0.1) is 0 Å². The Morgan fingerprint density at radius 1 is 1.17 bits per heavy atom. The first kappa shape index (κ1) is 17.1. The molecule has 0 aliphatic carbocycles. The third-order valence-electron chi connectivity index (χ3n) is 5.13. The van der Waals surface area contributed by atoms with Crippen LogP contribution in [0.25, 0.3) is 17.1 Å². The van der Waals surface area contributed by atoms with E-state index in [0.29, 0.717) is 29.2 Å². The van der Waals surface area contributed by atoms with Crippen LogP contribution in [-0.4, -0.2) is 46.5 Å². The minimum atomic E-state index is -0.300. The lowest BCUT2D eigenvalue weighted by molar-refractivity contribution is 0.502. The normalized spacial score (nSPS) is 16.2. The molecular formula is C19H14ClN9O. The molecule has 0 fully saturated rings. The van der Waals surface area contributed by atoms with Crippen molar-refractivity contribution in [2.24, 2.45) is 0 Å². The molecule has 5 aromatic rings. The van der Waals surface area contributed by atoms with Gasteiger partial charge in [-0.05, 0) is 30.3 Å². The summed E-state index contributed by atoms with van der Waals surface area (Å²) >= 11 is 6.36. The molecule has 0 unspecified atom stereocenters. The maximum absolute atomic E-state index is 6.36. The predicted molar refractivity (Wildman–Crippen MR) is 107 cm³/mol. The van der Waals surface area contributed by atoms with E-state index in [9.17, 15) is 0 Å². The molecular weight excluding hydrogens is 406 g/mol. The Morgan fingerprint density at radius 3 is 3.00 bits per heavy atom. The molecule has 0 saturated carbocycles. The standard InChI is InChI=1S/C19H14ClN9O/c20-11-3-2-7-29-15(11)9-14(27-29)17-16-12(21-10-22-16)5-8-28(17)19-26-25-18(30-19)13-4-1-6-23-24-13/h1-4,6-7,9-10,17H,5,8H2,(H,21,22)/t17-/m0/s1. The van der Waals surface area contributed by atoms with Gasteiger partial charge in [0.25, 0.3) is 5.89 Å². The number of aromatic amines is 1. The van der Waals surface area contributed by atoms with Gasteiger partial charge in [0.15, 0.2) is 0 Å². The van der Waals surface area contributed by atoms with E-state index in [1.165, 1.54) is 0 Å². The number of H-pyrrole nitrogens is 1. The number of hydrogen-bond donors (Lipinski definition) is 1. The number of anilines is 1. The van der Waals surface area contributed by atoms with E-state index < -0.39 is 0 Å². The van der Waals surface area contributed by atoms with E-state index >= 15 is 0 Å². The maximum atomic E-state index is 6.36. The fourth-order valence-corrected chi connectivity index (χ4v) is 3.98. The second-order valence-corrected chi connectivity index (χ2v) is 7.27. The molecule has 0 bridgehead atoms. The molecule has 0 amide bonds. The predicted octanol–water partition coefficient (Wildman–Crippen LogP) is 2.70. The molecule has 1 N–H and O–H groups in total. The highest BCUT2D eigenvalue weighted by molar-refractivity contribution is 6.33. The number of nitrogens with zero attached hydrogens (tertiary/aromatic N) is 8. The topological polar surface area (TPSA) is 114 Å². The second-order valence-electron chi connectivity index (χ2n) is 6.87. The van der Waals surface area contributed by atoms with Crippen molar-refractivity contribution in [3.8, 4) is 11.6 Å². The zero-order valence-electron chi connectivity index (χ0n) is 15.5. The summed E-state index contributed by atoms with van der Waals surface area (Å²) in [5.41, 5.74) is 4.07. The zero-order chi connectivity index (χ0) is 20.1. The second kappa shape index (κ2) is 6.63. The van der Waals surface area contributed by atoms with Gasteiger partial charge in [0.2, 0.25) is 0 Å². The fraction of sp³-hybridized carbons (Fsp3) is 0.158. The summed E-state index contributed by atoms with van der Waals surface area (Å²) in [6, 6.07) is 9.27. The largest absolute Gasteiger partial charge is 0.401 e. The van der Waals surface area contributed by atoms with Crippen LogP contribution >= 0.6 is 11.6 Å². The zero-order valence-corrected chi connectivity index (χ0v) is 16.2. The SMILES string of the molecule is Clc1cccn2nc([C@H]3c4nc[nH]c4CCN3c3nnc(-c4cccnn4)o3)cc12. The summed E-state index contributed by atoms with van der Waals surface area (Å²) in [7, 11) is 0. The molecule has 11 heteroatoms. The first-order chi connectivity index (χ1) is 14.8. The highest BCUT2D eigenvalue weighted by atomic mass is 35.5. The summed E-state index contributed by atoms with van der Waals surface area (Å²) in [6.45, 7) is 0.656. The van der Waals surface area contributed by atoms with Crippen LogP contribution in [0.15, 0.2) is 53.5 Å². The van der Waals surface area contributed by atoms with Crippen molar-refractivity contribution in [3.63, 3.8) is 0 Å². The molecule has 0 saturated heterocycles. The van der Waals surface area contributed by atoms with Crippen molar-refractivity contribution in [1.82, 2.24) is 40.0 Å². The fourth-order valence-electron chi connectivity index (χ4n) is 3.77. The molecule has 6 heterocycles. The molecule has 30 heavy (non-hydrogen) atoms. The van der Waals surface area contributed by atoms with Gasteiger partial charge in [-0.3, -0.25) is 0 Å². The van der Waals surface area contributed by atoms with Gasteiger partial charge in [0, 0.05) is 31.1 Å². The molecule has 0 aromatic carbocycles. The number of imidazole rings is 1. The average molecular weight is 420 g/mol. The van der Waals surface area contributed by atoms with E-state index in [1.54, 1.807) is 29.2 Å². The van der Waals surface area contributed by atoms with Crippen molar-refractivity contribution in [1.29, 1.82) is 0 Å². The smallest absolute Gasteiger partial charge is 0.319 e. The van der Waals surface area contributed by atoms with Crippen LogP contribution in [0.2, 0.25) is 5.02 Å². The summed E-state index contributed by atoms with van der Waals surface area (Å²) in [4.78, 5) is 9.78. The highest BCUT2D eigenvalue weighted by Crippen LogP contribution is 2.37. The highest BCUT2D eigenvalue weighted by Gasteiger charge is 2.36. The average Bonchev–Trinajstić information content (AvgIpc) is 3.52. The quantitative estimate of drug-likeness (QED) is 0.474. The van der Waals surface area contributed by atoms with Crippen LogP contribution in [0.4, 0.5) is 6.01 Å². The third-order valence-corrected chi connectivity index (χ3v) is 5.45. The number of hydrogen-bond acceptors (Lipinski definition) is 8. The van der Waals surface area contributed by atoms with E-state index in [4.69, 9.17) is 21.1 Å². The van der Waals surface area contributed by atoms with Crippen LogP contribution < -0.4 is 4.90 Å². The minimum Gasteiger partial charge on any atom is -0.401 e. The first-order valence-corrected chi connectivity index (χ1v) is 9.70. The summed E-state index contributed by atoms with van der Waals surface area (Å²) < 4.78 is 7.71. The Labute approximate surface area is 174 Å². The van der Waals surface area contributed by atoms with Crippen molar-refractivity contribution in [2.45, 2.75) is 12.5 Å². The molecule has 1 atom stereocenters. The van der Waals surface area contributed by atoms with Gasteiger partial charge in [0.1, 0.15) is 11.7 Å². The van der Waals surface area contributed by atoms with E-state index in [-0.39, 0.29) is 6.04 Å². The lowest BCUT2D eigenvalue weighted by Crippen LogP contribution is -2.36. The number of halogens is 1. The number of aromatic nitrogens is 8. The lowest BCUT2D eigenvalue weighted by Gasteiger charge is -2.32. The molecule has 1 aliphatic heterocycles. The summed E-state index contributed by atoms with van der Waals surface area (Å²) in [5, 5.41) is 21.7. The van der Waals surface area contributed by atoms with E-state index in [2.05, 4.69) is 30.4 Å². The Hall–Kier alpha value is -3.79. The number of fused-ring (bicyclic) bond motifs is 2. The van der Waals surface area contributed by atoms with Crippen LogP contribution in [0.3, 0.4) is 0 Å². The molecule has 1 aliphatic rings. The van der Waals surface area contributed by atoms with Gasteiger partial charge in [-0.1, -0.05) is 16.7 Å². The van der Waals surface area contributed by atoms with Gasteiger partial charge in [0.05, 0.1) is 28.3 Å².